The summed E-state index contributed by atoms with van der Waals surface area (Å²) in [6, 6.07) is 9.15. The van der Waals surface area contributed by atoms with E-state index in [1.165, 1.54) is 0 Å². The molecule has 0 amide bonds. The fraction of sp³-hybridized carbons (Fsp3) is 0.357. The van der Waals surface area contributed by atoms with Crippen molar-refractivity contribution in [2.24, 2.45) is 11.8 Å². The van der Waals surface area contributed by atoms with E-state index >= 15 is 0 Å². The van der Waals surface area contributed by atoms with Gasteiger partial charge in [-0.15, -0.1) is 0 Å². The molecule has 0 N–H and O–H groups in total. The summed E-state index contributed by atoms with van der Waals surface area (Å²) in [5.41, 5.74) is 0.830. The zero-order valence-corrected chi connectivity index (χ0v) is 10.1. The number of ether oxygens (including phenoxy) is 1. The fourth-order valence-corrected chi connectivity index (χ4v) is 2.02. The third-order valence-electron chi connectivity index (χ3n) is 3.06. The van der Waals surface area contributed by atoms with Crippen molar-refractivity contribution in [2.45, 2.75) is 20.0 Å². The van der Waals surface area contributed by atoms with Crippen molar-refractivity contribution in [3.05, 3.63) is 35.9 Å². The number of benzene rings is 1. The van der Waals surface area contributed by atoms with Gasteiger partial charge < -0.3 is 4.74 Å². The number of ketones is 2. The fourth-order valence-electron chi connectivity index (χ4n) is 2.02. The Morgan fingerprint density at radius 3 is 2.50 bits per heavy atom. The van der Waals surface area contributed by atoms with Crippen molar-refractivity contribution in [3.63, 3.8) is 0 Å². The van der Waals surface area contributed by atoms with Gasteiger partial charge in [0.05, 0.1) is 0 Å². The average molecular weight is 246 g/mol. The quantitative estimate of drug-likeness (QED) is 0.599. The topological polar surface area (TPSA) is 60.4 Å². The maximum Gasteiger partial charge on any atom is 0.324 e. The maximum absolute atomic E-state index is 11.7. The molecule has 1 aliphatic carbocycles. The van der Waals surface area contributed by atoms with Crippen LogP contribution in [0.4, 0.5) is 0 Å². The first-order valence-corrected chi connectivity index (χ1v) is 5.86. The molecule has 0 bridgehead atoms. The highest BCUT2D eigenvalue weighted by Gasteiger charge is 2.44. The summed E-state index contributed by atoms with van der Waals surface area (Å²) in [4.78, 5) is 34.9. The van der Waals surface area contributed by atoms with Crippen LogP contribution in [0.3, 0.4) is 0 Å². The Morgan fingerprint density at radius 2 is 1.94 bits per heavy atom. The molecular formula is C14H14O4. The van der Waals surface area contributed by atoms with E-state index in [2.05, 4.69) is 0 Å². The average Bonchev–Trinajstić information content (AvgIpc) is 2.62. The zero-order valence-electron chi connectivity index (χ0n) is 10.1. The van der Waals surface area contributed by atoms with E-state index in [4.69, 9.17) is 4.74 Å². The second kappa shape index (κ2) is 5.12. The summed E-state index contributed by atoms with van der Waals surface area (Å²) in [7, 11) is 0. The van der Waals surface area contributed by atoms with Gasteiger partial charge in [-0.25, -0.2) is 0 Å². The molecule has 0 spiro atoms. The molecule has 0 heterocycles. The Morgan fingerprint density at radius 1 is 1.28 bits per heavy atom. The van der Waals surface area contributed by atoms with Gasteiger partial charge in [0.2, 0.25) is 0 Å². The van der Waals surface area contributed by atoms with Crippen LogP contribution in [0.25, 0.3) is 0 Å². The number of rotatable bonds is 3. The van der Waals surface area contributed by atoms with Crippen LogP contribution in [0, 0.1) is 11.8 Å². The zero-order chi connectivity index (χ0) is 13.1. The predicted molar refractivity (Wildman–Crippen MR) is 63.5 cm³/mol. The first kappa shape index (κ1) is 12.5. The smallest absolute Gasteiger partial charge is 0.324 e. The summed E-state index contributed by atoms with van der Waals surface area (Å²) in [6.07, 6.45) is 0.143. The molecule has 94 valence electrons. The van der Waals surface area contributed by atoms with Crippen molar-refractivity contribution >= 4 is 17.5 Å². The molecule has 0 saturated heterocycles. The summed E-state index contributed by atoms with van der Waals surface area (Å²) >= 11 is 0. The van der Waals surface area contributed by atoms with E-state index in [9.17, 15) is 14.4 Å². The lowest BCUT2D eigenvalue weighted by atomic mass is 10.0. The molecule has 1 aromatic carbocycles. The molecule has 0 aromatic heterocycles. The Kier molecular flexibility index (Phi) is 3.55. The summed E-state index contributed by atoms with van der Waals surface area (Å²) in [5, 5.41) is 0. The van der Waals surface area contributed by atoms with Crippen molar-refractivity contribution in [1.82, 2.24) is 0 Å². The molecule has 2 unspecified atom stereocenters. The summed E-state index contributed by atoms with van der Waals surface area (Å²) < 4.78 is 5.02. The van der Waals surface area contributed by atoms with Gasteiger partial charge in [-0.3, -0.25) is 14.4 Å². The lowest BCUT2D eigenvalue weighted by molar-refractivity contribution is -0.154. The van der Waals surface area contributed by atoms with Gasteiger partial charge in [0.1, 0.15) is 6.61 Å². The van der Waals surface area contributed by atoms with E-state index in [-0.39, 0.29) is 30.5 Å². The van der Waals surface area contributed by atoms with Crippen LogP contribution in [-0.4, -0.2) is 17.5 Å². The molecule has 1 aromatic rings. The summed E-state index contributed by atoms with van der Waals surface area (Å²) in [5.74, 6) is -2.95. The van der Waals surface area contributed by atoms with Crippen LogP contribution < -0.4 is 0 Å². The third-order valence-corrected chi connectivity index (χ3v) is 3.06. The van der Waals surface area contributed by atoms with Crippen LogP contribution in [0.5, 0.6) is 0 Å². The first-order valence-electron chi connectivity index (χ1n) is 5.86. The minimum atomic E-state index is -1.20. The Labute approximate surface area is 105 Å². The van der Waals surface area contributed by atoms with E-state index in [0.29, 0.717) is 0 Å². The molecule has 4 heteroatoms. The number of carbonyl (C=O) groups excluding carboxylic acids is 3. The van der Waals surface area contributed by atoms with Gasteiger partial charge in [-0.2, -0.15) is 0 Å². The van der Waals surface area contributed by atoms with Crippen LogP contribution in [-0.2, 0) is 25.7 Å². The molecule has 1 aliphatic rings. The van der Waals surface area contributed by atoms with Crippen LogP contribution >= 0.6 is 0 Å². The Bertz CT molecular complexity index is 478. The molecule has 18 heavy (non-hydrogen) atoms. The van der Waals surface area contributed by atoms with Crippen molar-refractivity contribution in [3.8, 4) is 0 Å². The highest BCUT2D eigenvalue weighted by molar-refractivity contribution is 6.22. The number of hydrogen-bond donors (Lipinski definition) is 0. The maximum atomic E-state index is 11.7. The second-order valence-corrected chi connectivity index (χ2v) is 4.50. The van der Waals surface area contributed by atoms with Gasteiger partial charge in [0, 0.05) is 12.3 Å². The van der Waals surface area contributed by atoms with E-state index in [0.717, 1.165) is 5.56 Å². The lowest BCUT2D eigenvalue weighted by Gasteiger charge is -2.08. The van der Waals surface area contributed by atoms with Gasteiger partial charge in [-0.1, -0.05) is 37.3 Å². The molecule has 2 atom stereocenters. The lowest BCUT2D eigenvalue weighted by Crippen LogP contribution is -2.27. The monoisotopic (exact) mass is 246 g/mol. The van der Waals surface area contributed by atoms with E-state index in [1.54, 1.807) is 6.92 Å². The number of esters is 1. The van der Waals surface area contributed by atoms with Crippen LogP contribution in [0.1, 0.15) is 18.9 Å². The van der Waals surface area contributed by atoms with Gasteiger partial charge in [0.25, 0.3) is 0 Å². The highest BCUT2D eigenvalue weighted by Crippen LogP contribution is 2.24. The molecular weight excluding hydrogens is 232 g/mol. The molecule has 4 nitrogen and oxygen atoms in total. The predicted octanol–water partition coefficient (Wildman–Crippen LogP) is 1.52. The van der Waals surface area contributed by atoms with Gasteiger partial charge >= 0.3 is 5.97 Å². The summed E-state index contributed by atoms with van der Waals surface area (Å²) in [6.45, 7) is 1.75. The second-order valence-electron chi connectivity index (χ2n) is 4.50. The molecule has 2 rings (SSSR count). The number of carbonyl (C=O) groups is 3. The molecule has 0 aliphatic heterocycles. The largest absolute Gasteiger partial charge is 0.460 e. The van der Waals surface area contributed by atoms with Crippen LogP contribution in [0.2, 0.25) is 0 Å². The standard InChI is InChI=1S/C14H14O4/c1-9-7-11(15)12(13(9)16)14(17)18-8-10-5-3-2-4-6-10/h2-6,9,12H,7-8H2,1H3. The minimum Gasteiger partial charge on any atom is -0.460 e. The Balaban J connectivity index is 1.97. The normalized spacial score (nSPS) is 23.2. The van der Waals surface area contributed by atoms with Crippen molar-refractivity contribution in [2.75, 3.05) is 0 Å². The SMILES string of the molecule is CC1CC(=O)C(C(=O)OCc2ccccc2)C1=O. The van der Waals surface area contributed by atoms with Crippen molar-refractivity contribution < 1.29 is 19.1 Å². The Hall–Kier alpha value is -1.97. The van der Waals surface area contributed by atoms with E-state index < -0.39 is 11.9 Å². The van der Waals surface area contributed by atoms with Gasteiger partial charge in [0.15, 0.2) is 17.5 Å². The molecule has 1 fully saturated rings. The van der Waals surface area contributed by atoms with Crippen molar-refractivity contribution in [1.29, 1.82) is 0 Å². The first-order chi connectivity index (χ1) is 8.59. The highest BCUT2D eigenvalue weighted by atomic mass is 16.5. The third kappa shape index (κ3) is 2.47. The molecule has 0 radical (unpaired) electrons. The number of hydrogen-bond acceptors (Lipinski definition) is 4. The van der Waals surface area contributed by atoms with Crippen LogP contribution in [0.15, 0.2) is 30.3 Å². The molecule has 1 saturated carbocycles. The number of Topliss-reactive ketones (excluding diaryl/α,β-unsaturated/α-hetero) is 2. The minimum absolute atomic E-state index is 0.0884. The van der Waals surface area contributed by atoms with Gasteiger partial charge in [-0.05, 0) is 5.56 Å². The van der Waals surface area contributed by atoms with E-state index in [1.807, 2.05) is 30.3 Å².